The molecule has 0 bridgehead atoms. The lowest BCUT2D eigenvalue weighted by atomic mass is 10.2. The molecule has 8 heteroatoms. The largest absolute Gasteiger partial charge is 0.351 e. The standard InChI is InChI=1S/C11H12N6O2/c12-11(19)13-9(18)6-7-17-15-10(14-16-17)8-4-2-1-3-5-8/h1-5H,6-7H2,(H3,12,13,18,19). The third-order valence-electron chi connectivity index (χ3n) is 2.29. The molecular weight excluding hydrogens is 248 g/mol. The van der Waals surface area contributed by atoms with Gasteiger partial charge in [0.15, 0.2) is 0 Å². The number of aromatic nitrogens is 4. The highest BCUT2D eigenvalue weighted by Crippen LogP contribution is 2.11. The highest BCUT2D eigenvalue weighted by Gasteiger charge is 2.08. The number of benzene rings is 1. The number of nitrogens with zero attached hydrogens (tertiary/aromatic N) is 4. The molecule has 0 fully saturated rings. The van der Waals surface area contributed by atoms with E-state index in [-0.39, 0.29) is 13.0 Å². The highest BCUT2D eigenvalue weighted by atomic mass is 16.2. The molecule has 1 heterocycles. The first-order valence-corrected chi connectivity index (χ1v) is 5.57. The Balaban J connectivity index is 1.95. The zero-order valence-corrected chi connectivity index (χ0v) is 9.98. The molecule has 3 N–H and O–H groups in total. The molecule has 0 radical (unpaired) electrons. The second-order valence-electron chi connectivity index (χ2n) is 3.74. The van der Waals surface area contributed by atoms with E-state index in [0.29, 0.717) is 5.82 Å². The smallest absolute Gasteiger partial charge is 0.318 e. The summed E-state index contributed by atoms with van der Waals surface area (Å²) in [6, 6.07) is 8.48. The number of carbonyl (C=O) groups is 2. The van der Waals surface area contributed by atoms with Crippen LogP contribution in [-0.4, -0.2) is 32.1 Å². The number of urea groups is 1. The van der Waals surface area contributed by atoms with Crippen LogP contribution in [0.25, 0.3) is 11.4 Å². The van der Waals surface area contributed by atoms with Crippen molar-refractivity contribution in [2.75, 3.05) is 0 Å². The van der Waals surface area contributed by atoms with E-state index in [2.05, 4.69) is 15.4 Å². The Morgan fingerprint density at radius 1 is 1.26 bits per heavy atom. The van der Waals surface area contributed by atoms with Gasteiger partial charge in [-0.05, 0) is 5.21 Å². The first-order valence-electron chi connectivity index (χ1n) is 5.57. The fourth-order valence-corrected chi connectivity index (χ4v) is 1.44. The Kier molecular flexibility index (Phi) is 3.81. The molecule has 0 aliphatic rings. The molecule has 0 atom stereocenters. The Morgan fingerprint density at radius 2 is 2.00 bits per heavy atom. The molecule has 0 unspecified atom stereocenters. The number of aryl methyl sites for hydroxylation is 1. The van der Waals surface area contributed by atoms with Crippen LogP contribution in [0, 0.1) is 0 Å². The van der Waals surface area contributed by atoms with E-state index in [1.165, 1.54) is 4.80 Å². The molecule has 1 aromatic carbocycles. The second kappa shape index (κ2) is 5.71. The molecule has 8 nitrogen and oxygen atoms in total. The molecular formula is C11H12N6O2. The number of imide groups is 1. The third kappa shape index (κ3) is 3.60. The first-order chi connectivity index (χ1) is 9.15. The van der Waals surface area contributed by atoms with Gasteiger partial charge in [0.05, 0.1) is 6.54 Å². The van der Waals surface area contributed by atoms with E-state index < -0.39 is 11.9 Å². The van der Waals surface area contributed by atoms with Crippen molar-refractivity contribution in [1.82, 2.24) is 25.5 Å². The number of amides is 3. The molecule has 0 saturated carbocycles. The number of nitrogens with two attached hydrogens (primary N) is 1. The van der Waals surface area contributed by atoms with Gasteiger partial charge in [-0.15, -0.1) is 10.2 Å². The van der Waals surface area contributed by atoms with Crippen molar-refractivity contribution >= 4 is 11.9 Å². The molecule has 1 aromatic heterocycles. The Labute approximate surface area is 108 Å². The Hall–Kier alpha value is -2.77. The monoisotopic (exact) mass is 260 g/mol. The number of hydrogen-bond donors (Lipinski definition) is 2. The maximum absolute atomic E-state index is 11.2. The number of primary amides is 1. The molecule has 0 saturated heterocycles. The molecule has 0 aliphatic carbocycles. The summed E-state index contributed by atoms with van der Waals surface area (Å²) in [4.78, 5) is 22.9. The summed E-state index contributed by atoms with van der Waals surface area (Å²) in [5.41, 5.74) is 5.66. The van der Waals surface area contributed by atoms with Crippen LogP contribution >= 0.6 is 0 Å². The van der Waals surface area contributed by atoms with Crippen molar-refractivity contribution in [3.63, 3.8) is 0 Å². The van der Waals surface area contributed by atoms with Crippen molar-refractivity contribution in [2.24, 2.45) is 5.73 Å². The summed E-state index contributed by atoms with van der Waals surface area (Å²) in [5, 5.41) is 13.8. The fraction of sp³-hybridized carbons (Fsp3) is 0.182. The third-order valence-corrected chi connectivity index (χ3v) is 2.29. The SMILES string of the molecule is NC(=O)NC(=O)CCn1nnc(-c2ccccc2)n1. The van der Waals surface area contributed by atoms with Gasteiger partial charge in [-0.1, -0.05) is 30.3 Å². The van der Waals surface area contributed by atoms with E-state index in [4.69, 9.17) is 5.73 Å². The molecule has 2 rings (SSSR count). The number of nitrogens with one attached hydrogen (secondary N) is 1. The van der Waals surface area contributed by atoms with Crippen LogP contribution < -0.4 is 11.1 Å². The van der Waals surface area contributed by atoms with Crippen LogP contribution in [0.4, 0.5) is 4.79 Å². The summed E-state index contributed by atoms with van der Waals surface area (Å²) in [6.45, 7) is 0.221. The molecule has 3 amide bonds. The molecule has 0 aliphatic heterocycles. The maximum Gasteiger partial charge on any atom is 0.318 e. The lowest BCUT2D eigenvalue weighted by Gasteiger charge is -1.99. The summed E-state index contributed by atoms with van der Waals surface area (Å²) in [5.74, 6) is 0.00182. The van der Waals surface area contributed by atoms with Gasteiger partial charge in [0, 0.05) is 12.0 Å². The fourth-order valence-electron chi connectivity index (χ4n) is 1.44. The van der Waals surface area contributed by atoms with Crippen molar-refractivity contribution in [1.29, 1.82) is 0 Å². The van der Waals surface area contributed by atoms with Crippen molar-refractivity contribution < 1.29 is 9.59 Å². The van der Waals surface area contributed by atoms with Gasteiger partial charge in [0.1, 0.15) is 0 Å². The van der Waals surface area contributed by atoms with Crippen molar-refractivity contribution in [2.45, 2.75) is 13.0 Å². The quantitative estimate of drug-likeness (QED) is 0.797. The minimum atomic E-state index is -0.874. The first kappa shape index (κ1) is 12.7. The van der Waals surface area contributed by atoms with Gasteiger partial charge < -0.3 is 5.73 Å². The Morgan fingerprint density at radius 3 is 2.68 bits per heavy atom. The normalized spacial score (nSPS) is 10.1. The van der Waals surface area contributed by atoms with Crippen LogP contribution in [0.1, 0.15) is 6.42 Å². The van der Waals surface area contributed by atoms with E-state index in [1.807, 2.05) is 35.6 Å². The molecule has 2 aromatic rings. The molecule has 98 valence electrons. The zero-order valence-electron chi connectivity index (χ0n) is 9.98. The van der Waals surface area contributed by atoms with Crippen molar-refractivity contribution in [3.8, 4) is 11.4 Å². The number of tetrazole rings is 1. The van der Waals surface area contributed by atoms with E-state index in [1.54, 1.807) is 0 Å². The lowest BCUT2D eigenvalue weighted by Crippen LogP contribution is -2.35. The van der Waals surface area contributed by atoms with Crippen LogP contribution in [0.15, 0.2) is 30.3 Å². The average Bonchev–Trinajstić information content (AvgIpc) is 2.85. The lowest BCUT2D eigenvalue weighted by molar-refractivity contribution is -0.120. The summed E-state index contributed by atoms with van der Waals surface area (Å²) < 4.78 is 0. The predicted molar refractivity (Wildman–Crippen MR) is 65.6 cm³/mol. The topological polar surface area (TPSA) is 116 Å². The van der Waals surface area contributed by atoms with Gasteiger partial charge >= 0.3 is 6.03 Å². The minimum Gasteiger partial charge on any atom is -0.351 e. The van der Waals surface area contributed by atoms with Gasteiger partial charge in [0.25, 0.3) is 0 Å². The zero-order chi connectivity index (χ0) is 13.7. The average molecular weight is 260 g/mol. The van der Waals surface area contributed by atoms with Crippen LogP contribution in [0.5, 0.6) is 0 Å². The minimum absolute atomic E-state index is 0.0491. The van der Waals surface area contributed by atoms with Gasteiger partial charge in [-0.3, -0.25) is 10.1 Å². The van der Waals surface area contributed by atoms with E-state index in [9.17, 15) is 9.59 Å². The van der Waals surface area contributed by atoms with Gasteiger partial charge in [-0.2, -0.15) is 4.80 Å². The molecule has 19 heavy (non-hydrogen) atoms. The van der Waals surface area contributed by atoms with Crippen LogP contribution in [0.3, 0.4) is 0 Å². The van der Waals surface area contributed by atoms with Crippen molar-refractivity contribution in [3.05, 3.63) is 30.3 Å². The number of rotatable bonds is 4. The molecule has 0 spiro atoms. The van der Waals surface area contributed by atoms with Crippen LogP contribution in [-0.2, 0) is 11.3 Å². The number of hydrogen-bond acceptors (Lipinski definition) is 5. The maximum atomic E-state index is 11.2. The number of carbonyl (C=O) groups excluding carboxylic acids is 2. The summed E-state index contributed by atoms with van der Waals surface area (Å²) >= 11 is 0. The highest BCUT2D eigenvalue weighted by molar-refractivity contribution is 5.93. The van der Waals surface area contributed by atoms with Gasteiger partial charge in [0.2, 0.25) is 11.7 Å². The van der Waals surface area contributed by atoms with E-state index in [0.717, 1.165) is 5.56 Å². The summed E-state index contributed by atoms with van der Waals surface area (Å²) in [7, 11) is 0. The van der Waals surface area contributed by atoms with Gasteiger partial charge in [-0.25, -0.2) is 4.79 Å². The Bertz CT molecular complexity index is 580. The van der Waals surface area contributed by atoms with Crippen LogP contribution in [0.2, 0.25) is 0 Å². The van der Waals surface area contributed by atoms with E-state index >= 15 is 0 Å². The summed E-state index contributed by atoms with van der Waals surface area (Å²) in [6.07, 6.45) is 0.0491. The second-order valence-corrected chi connectivity index (χ2v) is 3.74. The predicted octanol–water partition coefficient (Wildman–Crippen LogP) is -0.0749.